The molecule has 0 aliphatic carbocycles. The van der Waals surface area contributed by atoms with Crippen LogP contribution in [0.2, 0.25) is 0 Å². The van der Waals surface area contributed by atoms with Crippen molar-refractivity contribution in [3.63, 3.8) is 0 Å². The Morgan fingerprint density at radius 1 is 1.16 bits per heavy atom. The van der Waals surface area contributed by atoms with Gasteiger partial charge in [-0.2, -0.15) is 5.10 Å². The second-order valence-electron chi connectivity index (χ2n) is 7.61. The molecule has 1 atom stereocenters. The van der Waals surface area contributed by atoms with Gasteiger partial charge in [-0.15, -0.1) is 0 Å². The van der Waals surface area contributed by atoms with Crippen LogP contribution in [0.1, 0.15) is 24.6 Å². The predicted octanol–water partition coefficient (Wildman–Crippen LogP) is 3.63. The van der Waals surface area contributed by atoms with Gasteiger partial charge in [-0.3, -0.25) is 9.59 Å². The number of rotatable bonds is 7. The normalized spacial score (nSPS) is 15.9. The molecule has 0 saturated carbocycles. The molecule has 1 aliphatic heterocycles. The van der Waals surface area contributed by atoms with Crippen LogP contribution in [0, 0.1) is 12.8 Å². The molecule has 3 aromatic rings. The first-order chi connectivity index (χ1) is 15.0. The molecular formula is C24H26N4O3. The fourth-order valence-corrected chi connectivity index (χ4v) is 3.83. The number of aryl methyl sites for hydroxylation is 1. The van der Waals surface area contributed by atoms with Crippen molar-refractivity contribution in [1.29, 1.82) is 0 Å². The number of nitrogens with zero attached hydrogens (tertiary/aromatic N) is 3. The molecule has 2 heterocycles. The minimum absolute atomic E-state index is 0.0822. The Hall–Kier alpha value is -3.61. The summed E-state index contributed by atoms with van der Waals surface area (Å²) >= 11 is 0. The van der Waals surface area contributed by atoms with E-state index in [2.05, 4.69) is 10.4 Å². The Morgan fingerprint density at radius 2 is 1.90 bits per heavy atom. The molecule has 2 amide bonds. The minimum atomic E-state index is -0.442. The molecule has 7 heteroatoms. The average molecular weight is 418 g/mol. The molecule has 0 bridgehead atoms. The number of para-hydroxylation sites is 2. The van der Waals surface area contributed by atoms with Gasteiger partial charge < -0.3 is 15.0 Å². The number of benzene rings is 2. The molecule has 1 aliphatic rings. The van der Waals surface area contributed by atoms with Gasteiger partial charge in [-0.25, -0.2) is 4.68 Å². The van der Waals surface area contributed by atoms with Gasteiger partial charge in [0.2, 0.25) is 11.8 Å². The zero-order valence-electron chi connectivity index (χ0n) is 17.7. The van der Waals surface area contributed by atoms with Crippen LogP contribution in [0.3, 0.4) is 0 Å². The lowest BCUT2D eigenvalue weighted by molar-refractivity contribution is -0.122. The summed E-state index contributed by atoms with van der Waals surface area (Å²) in [7, 11) is 0. The SMILES string of the molecule is CCOc1ccccc1N1CC(C(=O)Nc2cc(C)nn2Cc2ccccc2)CC1=O. The molecule has 1 unspecified atom stereocenters. The summed E-state index contributed by atoms with van der Waals surface area (Å²) in [6, 6.07) is 19.2. The molecular weight excluding hydrogens is 392 g/mol. The van der Waals surface area contributed by atoms with Crippen LogP contribution in [0.25, 0.3) is 0 Å². The summed E-state index contributed by atoms with van der Waals surface area (Å²) < 4.78 is 7.44. The van der Waals surface area contributed by atoms with Crippen LogP contribution < -0.4 is 15.0 Å². The van der Waals surface area contributed by atoms with Crippen LogP contribution in [0.15, 0.2) is 60.7 Å². The first-order valence-corrected chi connectivity index (χ1v) is 10.5. The zero-order valence-corrected chi connectivity index (χ0v) is 17.7. The van der Waals surface area contributed by atoms with Crippen molar-refractivity contribution >= 4 is 23.3 Å². The van der Waals surface area contributed by atoms with E-state index in [0.717, 1.165) is 11.3 Å². The standard InChI is InChI=1S/C24H26N4O3/c1-3-31-21-12-8-7-11-20(21)27-16-19(14-23(27)29)24(30)25-22-13-17(2)26-28(22)15-18-9-5-4-6-10-18/h4-13,19H,3,14-16H2,1-2H3,(H,25,30). The number of carbonyl (C=O) groups is 2. The first-order valence-electron chi connectivity index (χ1n) is 10.5. The van der Waals surface area contributed by atoms with E-state index in [1.807, 2.05) is 74.5 Å². The van der Waals surface area contributed by atoms with Crippen molar-refractivity contribution in [2.24, 2.45) is 5.92 Å². The fourth-order valence-electron chi connectivity index (χ4n) is 3.83. The molecule has 1 saturated heterocycles. The van der Waals surface area contributed by atoms with E-state index >= 15 is 0 Å². The molecule has 0 radical (unpaired) electrons. The van der Waals surface area contributed by atoms with Gasteiger partial charge in [0.15, 0.2) is 0 Å². The average Bonchev–Trinajstić information content (AvgIpc) is 3.31. The lowest BCUT2D eigenvalue weighted by Gasteiger charge is -2.20. The summed E-state index contributed by atoms with van der Waals surface area (Å²) in [6.07, 6.45) is 0.165. The quantitative estimate of drug-likeness (QED) is 0.636. The highest BCUT2D eigenvalue weighted by molar-refractivity contribution is 6.04. The van der Waals surface area contributed by atoms with Gasteiger partial charge >= 0.3 is 0 Å². The van der Waals surface area contributed by atoms with Crippen molar-refractivity contribution in [2.45, 2.75) is 26.8 Å². The van der Waals surface area contributed by atoms with Gasteiger partial charge in [-0.05, 0) is 31.5 Å². The molecule has 1 fully saturated rings. The van der Waals surface area contributed by atoms with Crippen molar-refractivity contribution in [3.05, 3.63) is 71.9 Å². The van der Waals surface area contributed by atoms with Crippen molar-refractivity contribution < 1.29 is 14.3 Å². The maximum absolute atomic E-state index is 13.0. The second-order valence-corrected chi connectivity index (χ2v) is 7.61. The van der Waals surface area contributed by atoms with Crippen molar-refractivity contribution in [1.82, 2.24) is 9.78 Å². The third-order valence-corrected chi connectivity index (χ3v) is 5.28. The third kappa shape index (κ3) is 4.60. The maximum atomic E-state index is 13.0. The highest BCUT2D eigenvalue weighted by Gasteiger charge is 2.36. The highest BCUT2D eigenvalue weighted by atomic mass is 16.5. The lowest BCUT2D eigenvalue weighted by Crippen LogP contribution is -2.29. The van der Waals surface area contributed by atoms with E-state index in [4.69, 9.17) is 4.74 Å². The van der Waals surface area contributed by atoms with E-state index in [0.29, 0.717) is 37.0 Å². The molecule has 0 spiro atoms. The van der Waals surface area contributed by atoms with Crippen molar-refractivity contribution in [2.75, 3.05) is 23.4 Å². The summed E-state index contributed by atoms with van der Waals surface area (Å²) in [5.41, 5.74) is 2.62. The van der Waals surface area contributed by atoms with E-state index in [9.17, 15) is 9.59 Å². The van der Waals surface area contributed by atoms with Crippen LogP contribution in [-0.2, 0) is 16.1 Å². The van der Waals surface area contributed by atoms with Gasteiger partial charge in [0.05, 0.1) is 30.5 Å². The number of anilines is 2. The Bertz CT molecular complexity index is 1080. The van der Waals surface area contributed by atoms with Crippen LogP contribution >= 0.6 is 0 Å². The monoisotopic (exact) mass is 418 g/mol. The summed E-state index contributed by atoms with van der Waals surface area (Å²) in [5, 5.41) is 7.48. The Morgan fingerprint density at radius 3 is 2.68 bits per heavy atom. The number of ether oxygens (including phenoxy) is 1. The number of carbonyl (C=O) groups excluding carboxylic acids is 2. The molecule has 31 heavy (non-hydrogen) atoms. The number of hydrogen-bond donors (Lipinski definition) is 1. The molecule has 160 valence electrons. The van der Waals surface area contributed by atoms with E-state index in [1.54, 1.807) is 9.58 Å². The summed E-state index contributed by atoms with van der Waals surface area (Å²) in [6.45, 7) is 5.18. The molecule has 4 rings (SSSR count). The first kappa shape index (κ1) is 20.7. The summed E-state index contributed by atoms with van der Waals surface area (Å²) in [5.74, 6) is 0.575. The largest absolute Gasteiger partial charge is 0.492 e. The predicted molar refractivity (Wildman–Crippen MR) is 119 cm³/mol. The fraction of sp³-hybridized carbons (Fsp3) is 0.292. The zero-order chi connectivity index (χ0) is 21.8. The highest BCUT2D eigenvalue weighted by Crippen LogP contribution is 2.33. The smallest absolute Gasteiger partial charge is 0.230 e. The Kier molecular flexibility index (Phi) is 6.02. The van der Waals surface area contributed by atoms with Gasteiger partial charge in [0.25, 0.3) is 0 Å². The lowest BCUT2D eigenvalue weighted by atomic mass is 10.1. The van der Waals surface area contributed by atoms with Crippen LogP contribution in [-0.4, -0.2) is 34.7 Å². The topological polar surface area (TPSA) is 76.5 Å². The number of hydrogen-bond acceptors (Lipinski definition) is 4. The molecule has 1 N–H and O–H groups in total. The molecule has 7 nitrogen and oxygen atoms in total. The minimum Gasteiger partial charge on any atom is -0.492 e. The van der Waals surface area contributed by atoms with E-state index in [-0.39, 0.29) is 18.2 Å². The van der Waals surface area contributed by atoms with Gasteiger partial charge in [-0.1, -0.05) is 42.5 Å². The number of amides is 2. The Labute approximate surface area is 181 Å². The van der Waals surface area contributed by atoms with Crippen molar-refractivity contribution in [3.8, 4) is 5.75 Å². The van der Waals surface area contributed by atoms with E-state index < -0.39 is 5.92 Å². The Balaban J connectivity index is 1.48. The number of nitrogens with one attached hydrogen (secondary N) is 1. The molecule has 2 aromatic carbocycles. The number of aromatic nitrogens is 2. The maximum Gasteiger partial charge on any atom is 0.230 e. The van der Waals surface area contributed by atoms with E-state index in [1.165, 1.54) is 0 Å². The second kappa shape index (κ2) is 9.04. The summed E-state index contributed by atoms with van der Waals surface area (Å²) in [4.78, 5) is 27.3. The molecule has 1 aromatic heterocycles. The van der Waals surface area contributed by atoms with Gasteiger partial charge in [0, 0.05) is 19.0 Å². The third-order valence-electron chi connectivity index (χ3n) is 5.28. The van der Waals surface area contributed by atoms with Crippen LogP contribution in [0.4, 0.5) is 11.5 Å². The van der Waals surface area contributed by atoms with Crippen LogP contribution in [0.5, 0.6) is 5.75 Å². The van der Waals surface area contributed by atoms with Gasteiger partial charge in [0.1, 0.15) is 11.6 Å².